The lowest BCUT2D eigenvalue weighted by Crippen LogP contribution is -2.41. The van der Waals surface area contributed by atoms with E-state index in [1.54, 1.807) is 0 Å². The average Bonchev–Trinajstić information content (AvgIpc) is 2.33. The van der Waals surface area contributed by atoms with E-state index < -0.39 is 0 Å². The van der Waals surface area contributed by atoms with Gasteiger partial charge in [-0.25, -0.2) is 0 Å². The minimum atomic E-state index is 0.255. The number of fused-ring (bicyclic) bond motifs is 1. The van der Waals surface area contributed by atoms with Gasteiger partial charge in [0.15, 0.2) is 0 Å². The van der Waals surface area contributed by atoms with Crippen LogP contribution in [-0.2, 0) is 4.79 Å². The maximum Gasteiger partial charge on any atom is 0.223 e. The Morgan fingerprint density at radius 1 is 1.64 bits per heavy atom. The van der Waals surface area contributed by atoms with Gasteiger partial charge in [-0.3, -0.25) is 4.79 Å². The Bertz CT molecular complexity index is 212. The summed E-state index contributed by atoms with van der Waals surface area (Å²) < 4.78 is 0. The summed E-state index contributed by atoms with van der Waals surface area (Å²) in [6, 6.07) is 0.389. The van der Waals surface area contributed by atoms with Gasteiger partial charge in [-0.1, -0.05) is 0 Å². The normalized spacial score (nSPS) is 41.6. The van der Waals surface area contributed by atoms with Gasteiger partial charge in [0.1, 0.15) is 0 Å². The molecule has 0 bridgehead atoms. The zero-order chi connectivity index (χ0) is 8.22. The van der Waals surface area contributed by atoms with Gasteiger partial charge < -0.3 is 4.90 Å². The van der Waals surface area contributed by atoms with E-state index in [2.05, 4.69) is 25.7 Å². The number of nitrogens with zero attached hydrogens (tertiary/aromatic N) is 1. The average molecular weight is 153 g/mol. The van der Waals surface area contributed by atoms with E-state index in [0.717, 1.165) is 6.42 Å². The predicted molar refractivity (Wildman–Crippen MR) is 43.1 cm³/mol. The van der Waals surface area contributed by atoms with Gasteiger partial charge in [-0.15, -0.1) is 0 Å². The van der Waals surface area contributed by atoms with E-state index in [4.69, 9.17) is 0 Å². The summed E-state index contributed by atoms with van der Waals surface area (Å²) in [4.78, 5) is 13.5. The number of carbonyl (C=O) groups is 1. The van der Waals surface area contributed by atoms with Gasteiger partial charge in [-0.2, -0.15) is 0 Å². The molecule has 1 aliphatic carbocycles. The molecular formula is C9H15NO. The van der Waals surface area contributed by atoms with E-state index >= 15 is 0 Å². The van der Waals surface area contributed by atoms with Crippen LogP contribution in [0.2, 0.25) is 0 Å². The van der Waals surface area contributed by atoms with E-state index in [-0.39, 0.29) is 5.54 Å². The lowest BCUT2D eigenvalue weighted by molar-refractivity contribution is -0.132. The molecule has 0 aromatic rings. The number of hydrogen-bond donors (Lipinski definition) is 0. The van der Waals surface area contributed by atoms with Crippen LogP contribution in [0.5, 0.6) is 0 Å². The van der Waals surface area contributed by atoms with Crippen molar-refractivity contribution < 1.29 is 4.79 Å². The van der Waals surface area contributed by atoms with Crippen molar-refractivity contribution in [3.63, 3.8) is 0 Å². The Hall–Kier alpha value is -0.530. The summed E-state index contributed by atoms with van der Waals surface area (Å²) in [6.45, 7) is 6.41. The maximum absolute atomic E-state index is 11.4. The Labute approximate surface area is 67.6 Å². The zero-order valence-corrected chi connectivity index (χ0v) is 7.42. The van der Waals surface area contributed by atoms with Crippen molar-refractivity contribution in [1.29, 1.82) is 0 Å². The monoisotopic (exact) mass is 153 g/mol. The Balaban J connectivity index is 2.23. The second kappa shape index (κ2) is 1.79. The maximum atomic E-state index is 11.4. The van der Waals surface area contributed by atoms with Crippen molar-refractivity contribution in [3.05, 3.63) is 0 Å². The molecular weight excluding hydrogens is 138 g/mol. The fraction of sp³-hybridized carbons (Fsp3) is 0.889. The van der Waals surface area contributed by atoms with Crippen molar-refractivity contribution in [3.8, 4) is 0 Å². The van der Waals surface area contributed by atoms with Crippen LogP contribution in [0.25, 0.3) is 0 Å². The van der Waals surface area contributed by atoms with Crippen molar-refractivity contribution in [2.45, 2.75) is 45.2 Å². The summed E-state index contributed by atoms with van der Waals surface area (Å²) >= 11 is 0. The lowest BCUT2D eigenvalue weighted by Gasteiger charge is -2.29. The molecule has 2 heteroatoms. The Morgan fingerprint density at radius 3 is 2.55 bits per heavy atom. The molecule has 11 heavy (non-hydrogen) atoms. The third-order valence-corrected chi connectivity index (χ3v) is 3.14. The minimum absolute atomic E-state index is 0.255. The van der Waals surface area contributed by atoms with Crippen LogP contribution in [0.4, 0.5) is 0 Å². The summed E-state index contributed by atoms with van der Waals surface area (Å²) in [5, 5.41) is 0. The highest BCUT2D eigenvalue weighted by atomic mass is 16.2. The quantitative estimate of drug-likeness (QED) is 0.557. The number of carbonyl (C=O) groups excluding carboxylic acids is 1. The number of hydrogen-bond acceptors (Lipinski definition) is 1. The first-order valence-corrected chi connectivity index (χ1v) is 4.38. The molecule has 1 amide bonds. The second-order valence-corrected chi connectivity index (χ2v) is 4.32. The molecule has 0 N–H and O–H groups in total. The van der Waals surface area contributed by atoms with E-state index in [0.29, 0.717) is 17.9 Å². The lowest BCUT2D eigenvalue weighted by atomic mass is 10.2. The second-order valence-electron chi connectivity index (χ2n) is 4.32. The van der Waals surface area contributed by atoms with Crippen LogP contribution in [0.3, 0.4) is 0 Å². The predicted octanol–water partition coefficient (Wildman–Crippen LogP) is 1.41. The zero-order valence-electron chi connectivity index (χ0n) is 7.42. The molecule has 2 nitrogen and oxygen atoms in total. The van der Waals surface area contributed by atoms with Gasteiger partial charge >= 0.3 is 0 Å². The molecule has 2 unspecified atom stereocenters. The molecule has 1 aliphatic heterocycles. The molecule has 1 saturated carbocycles. The summed E-state index contributed by atoms with van der Waals surface area (Å²) in [6.07, 6.45) is 2.03. The van der Waals surface area contributed by atoms with Crippen molar-refractivity contribution in [2.24, 2.45) is 5.92 Å². The van der Waals surface area contributed by atoms with Crippen molar-refractivity contribution in [2.75, 3.05) is 0 Å². The van der Waals surface area contributed by atoms with Crippen LogP contribution in [-0.4, -0.2) is 22.4 Å². The smallest absolute Gasteiger partial charge is 0.223 e. The Kier molecular flexibility index (Phi) is 1.16. The standard InChI is InChI=1S/C9H15NO/c1-6(2)10-8(11)4-7-5-9(7,10)3/h6-7H,4-5H2,1-3H3. The SMILES string of the molecule is CC(C)N1C(=O)CC2CC21C. The van der Waals surface area contributed by atoms with Gasteiger partial charge in [0, 0.05) is 18.0 Å². The van der Waals surface area contributed by atoms with Crippen molar-refractivity contribution >= 4 is 5.91 Å². The van der Waals surface area contributed by atoms with Gasteiger partial charge in [-0.05, 0) is 33.1 Å². The molecule has 62 valence electrons. The van der Waals surface area contributed by atoms with E-state index in [1.807, 2.05) is 0 Å². The fourth-order valence-corrected chi connectivity index (χ4v) is 2.50. The summed E-state index contributed by atoms with van der Waals surface area (Å²) in [7, 11) is 0. The molecule has 2 atom stereocenters. The molecule has 0 aromatic heterocycles. The topological polar surface area (TPSA) is 20.3 Å². The largest absolute Gasteiger partial charge is 0.335 e. The highest BCUT2D eigenvalue weighted by Gasteiger charge is 2.62. The third kappa shape index (κ3) is 0.754. The fourth-order valence-electron chi connectivity index (χ4n) is 2.50. The molecule has 1 heterocycles. The van der Waals surface area contributed by atoms with Gasteiger partial charge in [0.25, 0.3) is 0 Å². The van der Waals surface area contributed by atoms with Crippen LogP contribution in [0.15, 0.2) is 0 Å². The molecule has 0 aromatic carbocycles. The first-order chi connectivity index (χ1) is 5.05. The highest BCUT2D eigenvalue weighted by Crippen LogP contribution is 2.56. The number of piperidine rings is 1. The number of rotatable bonds is 1. The number of amides is 1. The molecule has 0 radical (unpaired) electrons. The highest BCUT2D eigenvalue weighted by molar-refractivity contribution is 5.82. The minimum Gasteiger partial charge on any atom is -0.335 e. The first kappa shape index (κ1) is 7.14. The summed E-state index contributed by atoms with van der Waals surface area (Å²) in [5.74, 6) is 1.04. The summed E-state index contributed by atoms with van der Waals surface area (Å²) in [5.41, 5.74) is 0.255. The van der Waals surface area contributed by atoms with Gasteiger partial charge in [0.2, 0.25) is 5.91 Å². The van der Waals surface area contributed by atoms with Crippen LogP contribution in [0.1, 0.15) is 33.6 Å². The molecule has 2 aliphatic rings. The van der Waals surface area contributed by atoms with Gasteiger partial charge in [0.05, 0.1) is 0 Å². The van der Waals surface area contributed by atoms with Crippen LogP contribution >= 0.6 is 0 Å². The van der Waals surface area contributed by atoms with Crippen LogP contribution in [0, 0.1) is 5.92 Å². The molecule has 1 saturated heterocycles. The molecule has 0 spiro atoms. The Morgan fingerprint density at radius 2 is 2.27 bits per heavy atom. The van der Waals surface area contributed by atoms with Crippen LogP contribution < -0.4 is 0 Å². The molecule has 2 fully saturated rings. The number of likely N-dealkylation sites (tertiary alicyclic amines) is 1. The van der Waals surface area contributed by atoms with E-state index in [1.165, 1.54) is 6.42 Å². The first-order valence-electron chi connectivity index (χ1n) is 4.38. The van der Waals surface area contributed by atoms with E-state index in [9.17, 15) is 4.79 Å². The molecule has 2 rings (SSSR count). The van der Waals surface area contributed by atoms with Crippen molar-refractivity contribution in [1.82, 2.24) is 4.90 Å². The third-order valence-electron chi connectivity index (χ3n) is 3.14.